The van der Waals surface area contributed by atoms with Crippen LogP contribution in [0.15, 0.2) is 9.42 Å². The van der Waals surface area contributed by atoms with Gasteiger partial charge >= 0.3 is 0 Å². The van der Waals surface area contributed by atoms with E-state index in [1.54, 1.807) is 13.8 Å². The molecule has 2 heterocycles. The summed E-state index contributed by atoms with van der Waals surface area (Å²) in [6, 6.07) is 0. The SMILES string of the molecule is Cc1noc(C)c1S(=O)(=O)NC[C@@H]1CN(CC(C)C)CCO1. The standard InChI is InChI=1S/C14H25N3O4S/c1-10(2)8-17-5-6-20-13(9-17)7-15-22(18,19)14-11(3)16-21-12(14)4/h10,13,15H,5-9H2,1-4H3/t13-/m1/s1. The van der Waals surface area contributed by atoms with E-state index in [1.165, 1.54) is 0 Å². The Kier molecular flexibility index (Phi) is 5.60. The molecule has 1 aromatic heterocycles. The summed E-state index contributed by atoms with van der Waals surface area (Å²) in [5.41, 5.74) is 0.371. The van der Waals surface area contributed by atoms with Gasteiger partial charge in [-0.1, -0.05) is 19.0 Å². The molecule has 1 aliphatic heterocycles. The van der Waals surface area contributed by atoms with E-state index in [-0.39, 0.29) is 17.5 Å². The predicted octanol–water partition coefficient (Wildman–Crippen LogP) is 0.927. The van der Waals surface area contributed by atoms with E-state index in [2.05, 4.69) is 28.6 Å². The summed E-state index contributed by atoms with van der Waals surface area (Å²) in [4.78, 5) is 2.44. The maximum Gasteiger partial charge on any atom is 0.246 e. The average Bonchev–Trinajstić information content (AvgIpc) is 2.76. The van der Waals surface area contributed by atoms with Crippen molar-refractivity contribution in [2.75, 3.05) is 32.8 Å². The molecule has 0 spiro atoms. The lowest BCUT2D eigenvalue weighted by Crippen LogP contribution is -2.48. The van der Waals surface area contributed by atoms with Gasteiger partial charge in [0.25, 0.3) is 0 Å². The van der Waals surface area contributed by atoms with Crippen LogP contribution >= 0.6 is 0 Å². The van der Waals surface area contributed by atoms with E-state index >= 15 is 0 Å². The number of aryl methyl sites for hydroxylation is 2. The third kappa shape index (κ3) is 4.28. The highest BCUT2D eigenvalue weighted by Gasteiger charge is 2.27. The van der Waals surface area contributed by atoms with Gasteiger partial charge in [0.15, 0.2) is 5.76 Å². The minimum absolute atomic E-state index is 0.127. The summed E-state index contributed by atoms with van der Waals surface area (Å²) in [5.74, 6) is 0.883. The topological polar surface area (TPSA) is 84.7 Å². The monoisotopic (exact) mass is 331 g/mol. The second kappa shape index (κ2) is 7.08. The van der Waals surface area contributed by atoms with Gasteiger partial charge in [0.05, 0.1) is 12.7 Å². The molecule has 7 nitrogen and oxygen atoms in total. The lowest BCUT2D eigenvalue weighted by Gasteiger charge is -2.33. The van der Waals surface area contributed by atoms with E-state index in [0.29, 0.717) is 24.0 Å². The van der Waals surface area contributed by atoms with Gasteiger partial charge < -0.3 is 9.26 Å². The molecular weight excluding hydrogens is 306 g/mol. The predicted molar refractivity (Wildman–Crippen MR) is 82.2 cm³/mol. The molecule has 1 atom stereocenters. The van der Waals surface area contributed by atoms with E-state index in [0.717, 1.165) is 19.6 Å². The van der Waals surface area contributed by atoms with Crippen molar-refractivity contribution in [1.82, 2.24) is 14.8 Å². The second-order valence-corrected chi connectivity index (χ2v) is 7.86. The quantitative estimate of drug-likeness (QED) is 0.835. The number of hydrogen-bond acceptors (Lipinski definition) is 6. The van der Waals surface area contributed by atoms with Gasteiger partial charge in [0, 0.05) is 26.2 Å². The molecule has 126 valence electrons. The highest BCUT2D eigenvalue weighted by atomic mass is 32.2. The first kappa shape index (κ1) is 17.4. The summed E-state index contributed by atoms with van der Waals surface area (Å²) < 4.78 is 37.9. The number of hydrogen-bond donors (Lipinski definition) is 1. The fraction of sp³-hybridized carbons (Fsp3) is 0.786. The highest BCUT2D eigenvalue weighted by molar-refractivity contribution is 7.89. The van der Waals surface area contributed by atoms with Crippen LogP contribution in [-0.2, 0) is 14.8 Å². The highest BCUT2D eigenvalue weighted by Crippen LogP contribution is 2.18. The molecule has 2 rings (SSSR count). The van der Waals surface area contributed by atoms with Crippen molar-refractivity contribution in [2.24, 2.45) is 5.92 Å². The fourth-order valence-corrected chi connectivity index (χ4v) is 4.11. The number of nitrogens with zero attached hydrogens (tertiary/aromatic N) is 2. The lowest BCUT2D eigenvalue weighted by molar-refractivity contribution is -0.0280. The first-order chi connectivity index (χ1) is 10.3. The third-order valence-corrected chi connectivity index (χ3v) is 5.25. The minimum Gasteiger partial charge on any atom is -0.374 e. The summed E-state index contributed by atoms with van der Waals surface area (Å²) >= 11 is 0. The Labute approximate surface area is 132 Å². The van der Waals surface area contributed by atoms with Crippen molar-refractivity contribution >= 4 is 10.0 Å². The molecule has 1 fully saturated rings. The lowest BCUT2D eigenvalue weighted by atomic mass is 10.2. The molecule has 0 aromatic carbocycles. The smallest absolute Gasteiger partial charge is 0.246 e. The van der Waals surface area contributed by atoms with E-state index < -0.39 is 10.0 Å². The van der Waals surface area contributed by atoms with Crippen molar-refractivity contribution < 1.29 is 17.7 Å². The van der Waals surface area contributed by atoms with Crippen LogP contribution in [0.2, 0.25) is 0 Å². The van der Waals surface area contributed by atoms with Crippen molar-refractivity contribution in [3.8, 4) is 0 Å². The molecule has 1 aliphatic rings. The van der Waals surface area contributed by atoms with Gasteiger partial charge in [-0.05, 0) is 19.8 Å². The van der Waals surface area contributed by atoms with Gasteiger partial charge in [-0.3, -0.25) is 4.90 Å². The van der Waals surface area contributed by atoms with Crippen LogP contribution < -0.4 is 4.72 Å². The zero-order valence-electron chi connectivity index (χ0n) is 13.6. The van der Waals surface area contributed by atoms with Crippen LogP contribution in [0.5, 0.6) is 0 Å². The van der Waals surface area contributed by atoms with E-state index in [4.69, 9.17) is 9.26 Å². The number of ether oxygens (including phenoxy) is 1. The molecular formula is C14H25N3O4S. The van der Waals surface area contributed by atoms with Crippen LogP contribution in [-0.4, -0.2) is 57.4 Å². The Balaban J connectivity index is 1.95. The molecule has 0 amide bonds. The first-order valence-electron chi connectivity index (χ1n) is 7.56. The molecule has 8 heteroatoms. The fourth-order valence-electron chi connectivity index (χ4n) is 2.72. The van der Waals surface area contributed by atoms with Gasteiger partial charge in [0.1, 0.15) is 10.6 Å². The maximum atomic E-state index is 12.4. The van der Waals surface area contributed by atoms with Crippen LogP contribution in [0, 0.1) is 19.8 Å². The van der Waals surface area contributed by atoms with E-state index in [9.17, 15) is 8.42 Å². The third-order valence-electron chi connectivity index (χ3n) is 3.58. The number of aromatic nitrogens is 1. The van der Waals surface area contributed by atoms with Gasteiger partial charge in [-0.15, -0.1) is 0 Å². The zero-order chi connectivity index (χ0) is 16.3. The summed E-state index contributed by atoms with van der Waals surface area (Å²) in [5, 5.41) is 3.69. The molecule has 0 radical (unpaired) electrons. The van der Waals surface area contributed by atoms with Crippen LogP contribution in [0.1, 0.15) is 25.3 Å². The summed E-state index contributed by atoms with van der Waals surface area (Å²) in [6.07, 6.45) is -0.136. The molecule has 0 saturated carbocycles. The molecule has 0 bridgehead atoms. The average molecular weight is 331 g/mol. The number of sulfonamides is 1. The van der Waals surface area contributed by atoms with Gasteiger partial charge in [-0.2, -0.15) is 0 Å². The van der Waals surface area contributed by atoms with Crippen molar-refractivity contribution in [2.45, 2.75) is 38.7 Å². The molecule has 1 saturated heterocycles. The Morgan fingerprint density at radius 2 is 2.14 bits per heavy atom. The van der Waals surface area contributed by atoms with Crippen LogP contribution in [0.3, 0.4) is 0 Å². The van der Waals surface area contributed by atoms with Crippen LogP contribution in [0.4, 0.5) is 0 Å². The van der Waals surface area contributed by atoms with Crippen LogP contribution in [0.25, 0.3) is 0 Å². The zero-order valence-corrected chi connectivity index (χ0v) is 14.4. The summed E-state index contributed by atoms with van der Waals surface area (Å²) in [7, 11) is -3.62. The number of morpholine rings is 1. The molecule has 0 unspecified atom stereocenters. The Bertz CT molecular complexity index is 578. The van der Waals surface area contributed by atoms with E-state index in [1.807, 2.05) is 0 Å². The Hall–Kier alpha value is -0.960. The van der Waals surface area contributed by atoms with Gasteiger partial charge in [-0.25, -0.2) is 13.1 Å². The molecule has 0 aliphatic carbocycles. The Morgan fingerprint density at radius 1 is 1.41 bits per heavy atom. The summed E-state index contributed by atoms with van der Waals surface area (Å²) in [6.45, 7) is 11.1. The largest absolute Gasteiger partial charge is 0.374 e. The van der Waals surface area contributed by atoms with Crippen molar-refractivity contribution in [1.29, 1.82) is 0 Å². The number of nitrogens with one attached hydrogen (secondary N) is 1. The second-order valence-electron chi connectivity index (χ2n) is 6.15. The molecule has 1 N–H and O–H groups in total. The molecule has 22 heavy (non-hydrogen) atoms. The maximum absolute atomic E-state index is 12.4. The first-order valence-corrected chi connectivity index (χ1v) is 9.04. The van der Waals surface area contributed by atoms with Crippen molar-refractivity contribution in [3.05, 3.63) is 11.5 Å². The minimum atomic E-state index is -3.62. The number of rotatable bonds is 6. The van der Waals surface area contributed by atoms with Crippen molar-refractivity contribution in [3.63, 3.8) is 0 Å². The molecule has 1 aromatic rings. The van der Waals surface area contributed by atoms with Gasteiger partial charge in [0.2, 0.25) is 10.0 Å². The normalized spacial score (nSPS) is 20.7. The Morgan fingerprint density at radius 3 is 2.73 bits per heavy atom.